The predicted molar refractivity (Wildman–Crippen MR) is 118 cm³/mol. The number of hydrogen-bond donors (Lipinski definition) is 2. The van der Waals surface area contributed by atoms with E-state index in [9.17, 15) is 13.2 Å². The van der Waals surface area contributed by atoms with Gasteiger partial charge in [-0.2, -0.15) is 18.2 Å². The van der Waals surface area contributed by atoms with Crippen LogP contribution in [0.5, 0.6) is 11.5 Å². The highest BCUT2D eigenvalue weighted by Crippen LogP contribution is 2.35. The summed E-state index contributed by atoms with van der Waals surface area (Å²) >= 11 is 0. The summed E-state index contributed by atoms with van der Waals surface area (Å²) in [5, 5.41) is 5.66. The van der Waals surface area contributed by atoms with Crippen LogP contribution < -0.4 is 20.1 Å². The van der Waals surface area contributed by atoms with Crippen molar-refractivity contribution in [3.8, 4) is 11.5 Å². The Labute approximate surface area is 184 Å². The van der Waals surface area contributed by atoms with Crippen LogP contribution in [0, 0.1) is 0 Å². The molecule has 0 unspecified atom stereocenters. The molecule has 1 heterocycles. The smallest absolute Gasteiger partial charge is 0.421 e. The zero-order chi connectivity index (χ0) is 23.1. The molecule has 0 amide bonds. The number of benzene rings is 2. The maximum atomic E-state index is 13.5. The molecular formula is C23H25F3N4O2. The molecule has 0 saturated carbocycles. The zero-order valence-electron chi connectivity index (χ0n) is 18.0. The summed E-state index contributed by atoms with van der Waals surface area (Å²) in [6.07, 6.45) is -3.01. The Hall–Kier alpha value is -3.49. The van der Waals surface area contributed by atoms with E-state index in [2.05, 4.69) is 20.6 Å². The third-order valence-electron chi connectivity index (χ3n) is 4.15. The first-order valence-corrected chi connectivity index (χ1v) is 10.2. The van der Waals surface area contributed by atoms with Crippen LogP contribution in [-0.4, -0.2) is 22.7 Å². The Balaban J connectivity index is 1.84. The highest BCUT2D eigenvalue weighted by molar-refractivity contribution is 5.64. The van der Waals surface area contributed by atoms with Gasteiger partial charge in [-0.1, -0.05) is 13.0 Å². The number of aromatic nitrogens is 2. The molecule has 2 N–H and O–H groups in total. The molecule has 0 spiro atoms. The average Bonchev–Trinajstić information content (AvgIpc) is 2.73. The third-order valence-corrected chi connectivity index (χ3v) is 4.15. The van der Waals surface area contributed by atoms with Gasteiger partial charge in [-0.3, -0.25) is 0 Å². The Morgan fingerprint density at radius 1 is 0.969 bits per heavy atom. The fourth-order valence-electron chi connectivity index (χ4n) is 2.78. The van der Waals surface area contributed by atoms with Crippen LogP contribution in [0.25, 0.3) is 0 Å². The van der Waals surface area contributed by atoms with Gasteiger partial charge in [-0.25, -0.2) is 4.98 Å². The van der Waals surface area contributed by atoms with Crippen molar-refractivity contribution in [2.24, 2.45) is 0 Å². The number of halogens is 3. The highest BCUT2D eigenvalue weighted by Gasteiger charge is 2.35. The van der Waals surface area contributed by atoms with Crippen molar-refractivity contribution in [2.45, 2.75) is 39.5 Å². The number of anilines is 4. The minimum absolute atomic E-state index is 0.0245. The van der Waals surface area contributed by atoms with Crippen molar-refractivity contribution >= 4 is 23.1 Å². The summed E-state index contributed by atoms with van der Waals surface area (Å²) in [7, 11) is 0. The van der Waals surface area contributed by atoms with E-state index in [0.717, 1.165) is 12.6 Å². The Kier molecular flexibility index (Phi) is 7.40. The Morgan fingerprint density at radius 3 is 2.38 bits per heavy atom. The molecule has 1 aromatic heterocycles. The topological polar surface area (TPSA) is 68.3 Å². The van der Waals surface area contributed by atoms with E-state index in [-0.39, 0.29) is 17.9 Å². The molecule has 9 heteroatoms. The zero-order valence-corrected chi connectivity index (χ0v) is 18.0. The molecule has 3 aromatic rings. The van der Waals surface area contributed by atoms with Crippen LogP contribution in [0.3, 0.4) is 0 Å². The summed E-state index contributed by atoms with van der Waals surface area (Å²) in [6, 6.07) is 13.7. The van der Waals surface area contributed by atoms with Crippen molar-refractivity contribution in [2.75, 3.05) is 17.2 Å². The molecule has 170 valence electrons. The van der Waals surface area contributed by atoms with Crippen molar-refractivity contribution < 1.29 is 22.6 Å². The summed E-state index contributed by atoms with van der Waals surface area (Å²) < 4.78 is 51.7. The molecule has 2 aromatic carbocycles. The van der Waals surface area contributed by atoms with Gasteiger partial charge in [0.2, 0.25) is 5.95 Å². The van der Waals surface area contributed by atoms with Crippen LogP contribution in [0.2, 0.25) is 0 Å². The standard InChI is InChI=1S/C23H25F3N4O2/c1-4-12-31-19-7-5-6-17(13-19)28-21-20(23(24,25)26)14-27-22(30-21)29-16-8-10-18(11-9-16)32-15(2)3/h5-11,13-15H,4,12H2,1-3H3,(H2,27,28,29,30). The summed E-state index contributed by atoms with van der Waals surface area (Å²) in [5.41, 5.74) is 0.0642. The molecule has 0 saturated heterocycles. The number of nitrogens with zero attached hydrogens (tertiary/aromatic N) is 2. The predicted octanol–water partition coefficient (Wildman–Crippen LogP) is 6.56. The second-order valence-electron chi connectivity index (χ2n) is 7.27. The minimum Gasteiger partial charge on any atom is -0.494 e. The van der Waals surface area contributed by atoms with E-state index in [0.29, 0.717) is 29.5 Å². The first-order valence-electron chi connectivity index (χ1n) is 10.2. The van der Waals surface area contributed by atoms with Gasteiger partial charge in [0, 0.05) is 23.6 Å². The van der Waals surface area contributed by atoms with Crippen molar-refractivity contribution in [3.63, 3.8) is 0 Å². The maximum Gasteiger partial charge on any atom is 0.421 e. The minimum atomic E-state index is -4.62. The fraction of sp³-hybridized carbons (Fsp3) is 0.304. The Morgan fingerprint density at radius 2 is 1.72 bits per heavy atom. The summed E-state index contributed by atoms with van der Waals surface area (Å²) in [4.78, 5) is 7.90. The Bertz CT molecular complexity index is 1020. The summed E-state index contributed by atoms with van der Waals surface area (Å²) in [6.45, 7) is 6.32. The van der Waals surface area contributed by atoms with E-state index in [1.807, 2.05) is 20.8 Å². The van der Waals surface area contributed by atoms with E-state index in [1.165, 1.54) is 0 Å². The van der Waals surface area contributed by atoms with Crippen LogP contribution in [-0.2, 0) is 6.18 Å². The lowest BCUT2D eigenvalue weighted by Crippen LogP contribution is -2.12. The second kappa shape index (κ2) is 10.2. The molecule has 0 fully saturated rings. The SMILES string of the molecule is CCCOc1cccc(Nc2nc(Nc3ccc(OC(C)C)cc3)ncc2C(F)(F)F)c1. The molecule has 0 bridgehead atoms. The third kappa shape index (κ3) is 6.50. The van der Waals surface area contributed by atoms with E-state index >= 15 is 0 Å². The van der Waals surface area contributed by atoms with E-state index < -0.39 is 11.7 Å². The fourth-order valence-corrected chi connectivity index (χ4v) is 2.78. The first kappa shape index (κ1) is 23.2. The van der Waals surface area contributed by atoms with Gasteiger partial charge in [0.05, 0.1) is 12.7 Å². The van der Waals surface area contributed by atoms with Crippen LogP contribution >= 0.6 is 0 Å². The first-order chi connectivity index (χ1) is 15.2. The molecule has 0 aliphatic rings. The molecule has 32 heavy (non-hydrogen) atoms. The number of ether oxygens (including phenoxy) is 2. The molecule has 3 rings (SSSR count). The van der Waals surface area contributed by atoms with Crippen molar-refractivity contribution in [1.82, 2.24) is 9.97 Å². The van der Waals surface area contributed by atoms with Crippen LogP contribution in [0.15, 0.2) is 54.7 Å². The maximum absolute atomic E-state index is 13.5. The number of rotatable bonds is 9. The molecule has 0 aliphatic carbocycles. The molecule has 0 radical (unpaired) electrons. The van der Waals surface area contributed by atoms with Gasteiger partial charge in [0.25, 0.3) is 0 Å². The van der Waals surface area contributed by atoms with Crippen molar-refractivity contribution in [1.29, 1.82) is 0 Å². The van der Waals surface area contributed by atoms with Gasteiger partial charge >= 0.3 is 6.18 Å². The lowest BCUT2D eigenvalue weighted by atomic mass is 10.2. The number of hydrogen-bond acceptors (Lipinski definition) is 6. The van der Waals surface area contributed by atoms with Crippen LogP contribution in [0.4, 0.5) is 36.3 Å². The largest absolute Gasteiger partial charge is 0.494 e. The van der Waals surface area contributed by atoms with Crippen molar-refractivity contribution in [3.05, 3.63) is 60.3 Å². The average molecular weight is 446 g/mol. The van der Waals surface area contributed by atoms with Gasteiger partial charge in [-0.15, -0.1) is 0 Å². The molecule has 6 nitrogen and oxygen atoms in total. The van der Waals surface area contributed by atoms with E-state index in [4.69, 9.17) is 9.47 Å². The number of alkyl halides is 3. The molecular weight excluding hydrogens is 421 g/mol. The number of nitrogens with one attached hydrogen (secondary N) is 2. The van der Waals surface area contributed by atoms with Crippen LogP contribution in [0.1, 0.15) is 32.8 Å². The van der Waals surface area contributed by atoms with Gasteiger partial charge in [0.15, 0.2) is 0 Å². The highest BCUT2D eigenvalue weighted by atomic mass is 19.4. The normalized spacial score (nSPS) is 11.3. The van der Waals surface area contributed by atoms with Gasteiger partial charge in [0.1, 0.15) is 22.9 Å². The molecule has 0 aliphatic heterocycles. The monoisotopic (exact) mass is 446 g/mol. The quantitative estimate of drug-likeness (QED) is 0.388. The van der Waals surface area contributed by atoms with Gasteiger partial charge < -0.3 is 20.1 Å². The van der Waals surface area contributed by atoms with Gasteiger partial charge in [-0.05, 0) is 56.7 Å². The lowest BCUT2D eigenvalue weighted by Gasteiger charge is -2.16. The van der Waals surface area contributed by atoms with E-state index in [1.54, 1.807) is 48.5 Å². The summed E-state index contributed by atoms with van der Waals surface area (Å²) in [5.74, 6) is 0.909. The second-order valence-corrected chi connectivity index (χ2v) is 7.27. The lowest BCUT2D eigenvalue weighted by molar-refractivity contribution is -0.137. The molecule has 0 atom stereocenters.